The fourth-order valence-electron chi connectivity index (χ4n) is 1.41. The zero-order valence-corrected chi connectivity index (χ0v) is 11.5. The van der Waals surface area contributed by atoms with E-state index < -0.39 is 11.9 Å². The van der Waals surface area contributed by atoms with Crippen molar-refractivity contribution in [2.75, 3.05) is 19.8 Å². The van der Waals surface area contributed by atoms with E-state index >= 15 is 0 Å². The van der Waals surface area contributed by atoms with E-state index in [-0.39, 0.29) is 36.9 Å². The number of benzene rings is 1. The lowest BCUT2D eigenvalue weighted by molar-refractivity contribution is 0.0696. The summed E-state index contributed by atoms with van der Waals surface area (Å²) in [4.78, 5) is 20.8. The average Bonchev–Trinajstić information content (AvgIpc) is 2.49. The quantitative estimate of drug-likeness (QED) is 0.493. The molecule has 0 aliphatic heterocycles. The maximum absolute atomic E-state index is 10.4. The van der Waals surface area contributed by atoms with Gasteiger partial charge >= 0.3 is 11.9 Å². The van der Waals surface area contributed by atoms with Crippen molar-refractivity contribution < 1.29 is 35.1 Å². The second kappa shape index (κ2) is 10.8. The van der Waals surface area contributed by atoms with Gasteiger partial charge in [-0.1, -0.05) is 6.07 Å². The Balaban J connectivity index is 0.000000400. The lowest BCUT2D eigenvalue weighted by Gasteiger charge is -2.07. The maximum atomic E-state index is 10.4. The van der Waals surface area contributed by atoms with E-state index in [0.717, 1.165) is 6.07 Å². The van der Waals surface area contributed by atoms with Crippen LogP contribution in [-0.2, 0) is 0 Å². The third-order valence-corrected chi connectivity index (χ3v) is 2.64. The molecule has 118 valence electrons. The topological polar surface area (TPSA) is 135 Å². The molecule has 5 N–H and O–H groups in total. The number of hydrogen-bond donors (Lipinski definition) is 5. The summed E-state index contributed by atoms with van der Waals surface area (Å²) >= 11 is 0. The molecule has 0 fully saturated rings. The van der Waals surface area contributed by atoms with Crippen molar-refractivity contribution in [3.8, 4) is 0 Å². The summed E-state index contributed by atoms with van der Waals surface area (Å²) in [6, 6.07) is 5.20. The van der Waals surface area contributed by atoms with Gasteiger partial charge < -0.3 is 25.5 Å². The summed E-state index contributed by atoms with van der Waals surface area (Å²) in [5.74, 6) is -2.30. The predicted octanol–water partition coefficient (Wildman–Crippen LogP) is 0.443. The Hall–Kier alpha value is -1.96. The molecule has 7 heteroatoms. The molecule has 0 heterocycles. The predicted molar refractivity (Wildman–Crippen MR) is 74.3 cm³/mol. The van der Waals surface area contributed by atoms with Crippen LogP contribution in [0, 0.1) is 5.92 Å². The highest BCUT2D eigenvalue weighted by molar-refractivity contribution is 5.93. The number of rotatable bonds is 7. The van der Waals surface area contributed by atoms with Crippen molar-refractivity contribution in [2.45, 2.75) is 12.8 Å². The Morgan fingerprint density at radius 3 is 1.76 bits per heavy atom. The molecule has 0 aromatic heterocycles. The molecular formula is C14H20O7. The summed E-state index contributed by atoms with van der Waals surface area (Å²) in [5, 5.41) is 42.4. The molecule has 0 radical (unpaired) electrons. The summed E-state index contributed by atoms with van der Waals surface area (Å²) in [6.45, 7) is 0.156. The Kier molecular flexibility index (Phi) is 9.78. The number of hydrogen-bond acceptors (Lipinski definition) is 5. The largest absolute Gasteiger partial charge is 0.478 e. The van der Waals surface area contributed by atoms with E-state index in [2.05, 4.69) is 0 Å². The zero-order chi connectivity index (χ0) is 16.3. The highest BCUT2D eigenvalue weighted by Gasteiger charge is 2.06. The van der Waals surface area contributed by atoms with Gasteiger partial charge in [0.05, 0.1) is 11.1 Å². The van der Waals surface area contributed by atoms with Gasteiger partial charge in [0.25, 0.3) is 0 Å². The van der Waals surface area contributed by atoms with Crippen molar-refractivity contribution in [3.63, 3.8) is 0 Å². The fourth-order valence-corrected chi connectivity index (χ4v) is 1.41. The Bertz CT molecular complexity index is 411. The van der Waals surface area contributed by atoms with Crippen LogP contribution in [0.15, 0.2) is 24.3 Å². The molecule has 0 amide bonds. The van der Waals surface area contributed by atoms with Gasteiger partial charge in [0.1, 0.15) is 0 Å². The van der Waals surface area contributed by atoms with Gasteiger partial charge in [-0.3, -0.25) is 0 Å². The van der Waals surface area contributed by atoms with E-state index in [1.807, 2.05) is 0 Å². The maximum Gasteiger partial charge on any atom is 0.335 e. The third kappa shape index (κ3) is 8.03. The number of aliphatic hydroxyl groups is 3. The Labute approximate surface area is 122 Å². The lowest BCUT2D eigenvalue weighted by atomic mass is 10.1. The monoisotopic (exact) mass is 300 g/mol. The van der Waals surface area contributed by atoms with Crippen LogP contribution in [0.3, 0.4) is 0 Å². The molecule has 1 aromatic carbocycles. The van der Waals surface area contributed by atoms with E-state index in [1.54, 1.807) is 0 Å². The molecule has 0 atom stereocenters. The van der Waals surface area contributed by atoms with Gasteiger partial charge in [0.2, 0.25) is 0 Å². The van der Waals surface area contributed by atoms with E-state index in [9.17, 15) is 9.59 Å². The van der Waals surface area contributed by atoms with Crippen LogP contribution < -0.4 is 0 Å². The van der Waals surface area contributed by atoms with Gasteiger partial charge in [0.15, 0.2) is 0 Å². The molecular weight excluding hydrogens is 280 g/mol. The SMILES string of the molecule is O=C(O)c1cccc(C(=O)O)c1.OCCCC(CO)CO. The third-order valence-electron chi connectivity index (χ3n) is 2.64. The first kappa shape index (κ1) is 19.0. The van der Waals surface area contributed by atoms with Crippen LogP contribution in [0.2, 0.25) is 0 Å². The van der Waals surface area contributed by atoms with Crippen molar-refractivity contribution in [2.24, 2.45) is 5.92 Å². The number of carboxylic acid groups (broad SMARTS) is 2. The minimum Gasteiger partial charge on any atom is -0.478 e. The number of aromatic carboxylic acids is 2. The first-order valence-corrected chi connectivity index (χ1v) is 6.35. The van der Waals surface area contributed by atoms with Crippen LogP contribution in [0.25, 0.3) is 0 Å². The smallest absolute Gasteiger partial charge is 0.335 e. The van der Waals surface area contributed by atoms with Crippen LogP contribution in [0.1, 0.15) is 33.6 Å². The molecule has 1 aromatic rings. The highest BCUT2D eigenvalue weighted by Crippen LogP contribution is 2.04. The molecule has 0 saturated heterocycles. The lowest BCUT2D eigenvalue weighted by Crippen LogP contribution is -2.11. The molecule has 1 rings (SSSR count). The van der Waals surface area contributed by atoms with E-state index in [0.29, 0.717) is 12.8 Å². The van der Waals surface area contributed by atoms with Crippen LogP contribution in [-0.4, -0.2) is 57.3 Å². The van der Waals surface area contributed by atoms with E-state index in [4.69, 9.17) is 25.5 Å². The minimum atomic E-state index is -1.13. The van der Waals surface area contributed by atoms with Gasteiger partial charge in [-0.2, -0.15) is 0 Å². The standard InChI is InChI=1S/C8H6O4.C6H14O3/c9-7(10)5-2-1-3-6(4-5)8(11)12;7-3-1-2-6(4-8)5-9/h1-4H,(H,9,10)(H,11,12);6-9H,1-5H2. The van der Waals surface area contributed by atoms with Crippen molar-refractivity contribution >= 4 is 11.9 Å². The molecule has 0 aliphatic carbocycles. The molecule has 0 unspecified atom stereocenters. The summed E-state index contributed by atoms with van der Waals surface area (Å²) < 4.78 is 0. The molecule has 0 bridgehead atoms. The highest BCUT2D eigenvalue weighted by atomic mass is 16.4. The first-order valence-electron chi connectivity index (χ1n) is 6.35. The normalized spacial score (nSPS) is 9.90. The number of carboxylic acids is 2. The van der Waals surface area contributed by atoms with Crippen LogP contribution in [0.5, 0.6) is 0 Å². The molecule has 0 aliphatic rings. The number of aliphatic hydroxyl groups excluding tert-OH is 3. The van der Waals surface area contributed by atoms with Gasteiger partial charge in [-0.25, -0.2) is 9.59 Å². The summed E-state index contributed by atoms with van der Waals surface area (Å²) in [7, 11) is 0. The Morgan fingerprint density at radius 2 is 1.43 bits per heavy atom. The van der Waals surface area contributed by atoms with Crippen LogP contribution in [0.4, 0.5) is 0 Å². The minimum absolute atomic E-state index is 0.0104. The van der Waals surface area contributed by atoms with Gasteiger partial charge in [0, 0.05) is 25.7 Å². The second-order valence-electron chi connectivity index (χ2n) is 4.29. The van der Waals surface area contributed by atoms with Crippen molar-refractivity contribution in [1.29, 1.82) is 0 Å². The molecule has 21 heavy (non-hydrogen) atoms. The Morgan fingerprint density at radius 1 is 0.952 bits per heavy atom. The zero-order valence-electron chi connectivity index (χ0n) is 11.5. The van der Waals surface area contributed by atoms with Crippen molar-refractivity contribution in [3.05, 3.63) is 35.4 Å². The first-order chi connectivity index (χ1) is 9.96. The summed E-state index contributed by atoms with van der Waals surface area (Å²) in [5.41, 5.74) is -0.0372. The fraction of sp³-hybridized carbons (Fsp3) is 0.429. The number of carbonyl (C=O) groups is 2. The second-order valence-corrected chi connectivity index (χ2v) is 4.29. The van der Waals surface area contributed by atoms with Gasteiger partial charge in [-0.15, -0.1) is 0 Å². The molecule has 7 nitrogen and oxygen atoms in total. The van der Waals surface area contributed by atoms with Gasteiger partial charge in [-0.05, 0) is 31.0 Å². The molecule has 0 saturated carbocycles. The average molecular weight is 300 g/mol. The van der Waals surface area contributed by atoms with Crippen LogP contribution >= 0.6 is 0 Å². The summed E-state index contributed by atoms with van der Waals surface area (Å²) in [6.07, 6.45) is 1.36. The molecule has 0 spiro atoms. The van der Waals surface area contributed by atoms with E-state index in [1.165, 1.54) is 18.2 Å². The van der Waals surface area contributed by atoms with Crippen molar-refractivity contribution in [1.82, 2.24) is 0 Å².